The van der Waals surface area contributed by atoms with Gasteiger partial charge in [0.05, 0.1) is 17.9 Å². The van der Waals surface area contributed by atoms with E-state index >= 15 is 0 Å². The zero-order valence-corrected chi connectivity index (χ0v) is 11.4. The first-order chi connectivity index (χ1) is 10.1. The molecule has 0 unspecified atom stereocenters. The van der Waals surface area contributed by atoms with Gasteiger partial charge in [0.1, 0.15) is 0 Å². The molecule has 0 aromatic carbocycles. The smallest absolute Gasteiger partial charge is 0.260 e. The molecule has 1 amide bonds. The molecule has 2 rings (SSSR count). The maximum absolute atomic E-state index is 13.4. The maximum atomic E-state index is 13.4. The van der Waals surface area contributed by atoms with E-state index in [0.717, 1.165) is 0 Å². The van der Waals surface area contributed by atoms with Crippen molar-refractivity contribution in [2.45, 2.75) is 6.54 Å². The highest BCUT2D eigenvalue weighted by Crippen LogP contribution is 2.09. The molecule has 0 radical (unpaired) electrons. The minimum Gasteiger partial charge on any atom is -0.383 e. The van der Waals surface area contributed by atoms with E-state index < -0.39 is 11.9 Å². The molecule has 110 valence electrons. The number of amides is 1. The highest BCUT2D eigenvalue weighted by atomic mass is 19.1. The minimum absolute atomic E-state index is 0.160. The average Bonchev–Trinajstić information content (AvgIpc) is 2.48. The van der Waals surface area contributed by atoms with Gasteiger partial charge in [-0.3, -0.25) is 9.59 Å². The molecule has 2 heterocycles. The highest BCUT2D eigenvalue weighted by Gasteiger charge is 2.12. The number of anilines is 1. The van der Waals surface area contributed by atoms with Gasteiger partial charge in [0.25, 0.3) is 11.5 Å². The topological polar surface area (TPSA) is 73.2 Å². The fourth-order valence-corrected chi connectivity index (χ4v) is 1.72. The molecule has 0 aliphatic carbocycles. The summed E-state index contributed by atoms with van der Waals surface area (Å²) in [6.07, 6.45) is 2.74. The van der Waals surface area contributed by atoms with Gasteiger partial charge < -0.3 is 14.6 Å². The highest BCUT2D eigenvalue weighted by molar-refractivity contribution is 6.04. The van der Waals surface area contributed by atoms with Crippen molar-refractivity contribution in [2.75, 3.05) is 19.0 Å². The van der Waals surface area contributed by atoms with Gasteiger partial charge in [0.15, 0.2) is 0 Å². The Morgan fingerprint density at radius 1 is 1.43 bits per heavy atom. The molecule has 0 aliphatic heterocycles. The van der Waals surface area contributed by atoms with Crippen LogP contribution in [-0.2, 0) is 11.3 Å². The summed E-state index contributed by atoms with van der Waals surface area (Å²) in [7, 11) is 1.53. The zero-order chi connectivity index (χ0) is 15.2. The number of carbonyl (C=O) groups is 1. The van der Waals surface area contributed by atoms with Crippen molar-refractivity contribution >= 4 is 11.6 Å². The molecule has 21 heavy (non-hydrogen) atoms. The number of nitrogens with zero attached hydrogens (tertiary/aromatic N) is 2. The second-order valence-electron chi connectivity index (χ2n) is 4.24. The number of halogens is 1. The van der Waals surface area contributed by atoms with Crippen LogP contribution in [0.2, 0.25) is 0 Å². The number of nitrogens with one attached hydrogen (secondary N) is 1. The number of hydrogen-bond donors (Lipinski definition) is 1. The van der Waals surface area contributed by atoms with Crippen molar-refractivity contribution in [2.24, 2.45) is 0 Å². The predicted octanol–water partition coefficient (Wildman–Crippen LogP) is 1.28. The van der Waals surface area contributed by atoms with Gasteiger partial charge in [-0.25, -0.2) is 4.98 Å². The van der Waals surface area contributed by atoms with Crippen molar-refractivity contribution in [3.63, 3.8) is 0 Å². The molecule has 0 atom stereocenters. The molecule has 7 heteroatoms. The second kappa shape index (κ2) is 6.76. The molecule has 2 aromatic heterocycles. The maximum Gasteiger partial charge on any atom is 0.260 e. The zero-order valence-electron chi connectivity index (χ0n) is 11.4. The Morgan fingerprint density at radius 3 is 2.95 bits per heavy atom. The van der Waals surface area contributed by atoms with E-state index in [4.69, 9.17) is 4.74 Å². The van der Waals surface area contributed by atoms with Gasteiger partial charge in [-0.2, -0.15) is 4.39 Å². The average molecular weight is 291 g/mol. The third kappa shape index (κ3) is 3.73. The van der Waals surface area contributed by atoms with Crippen LogP contribution in [-0.4, -0.2) is 29.2 Å². The fraction of sp³-hybridized carbons (Fsp3) is 0.214. The van der Waals surface area contributed by atoms with E-state index in [-0.39, 0.29) is 11.1 Å². The summed E-state index contributed by atoms with van der Waals surface area (Å²) in [5.41, 5.74) is 0.0173. The van der Waals surface area contributed by atoms with Crippen LogP contribution in [0.25, 0.3) is 0 Å². The lowest BCUT2D eigenvalue weighted by Gasteiger charge is -2.09. The van der Waals surface area contributed by atoms with E-state index in [1.54, 1.807) is 0 Å². The number of rotatable bonds is 5. The van der Waals surface area contributed by atoms with Crippen molar-refractivity contribution < 1.29 is 13.9 Å². The molecule has 0 aliphatic rings. The van der Waals surface area contributed by atoms with Crippen molar-refractivity contribution in [1.29, 1.82) is 0 Å². The van der Waals surface area contributed by atoms with E-state index in [2.05, 4.69) is 10.3 Å². The minimum atomic E-state index is -0.845. The summed E-state index contributed by atoms with van der Waals surface area (Å²) in [5.74, 6) is -1.47. The molecule has 0 fully saturated rings. The Labute approximate surface area is 120 Å². The predicted molar refractivity (Wildman–Crippen MR) is 74.7 cm³/mol. The summed E-state index contributed by atoms with van der Waals surface area (Å²) < 4.78 is 19.7. The molecule has 0 bridgehead atoms. The van der Waals surface area contributed by atoms with Gasteiger partial charge in [-0.15, -0.1) is 0 Å². The lowest BCUT2D eigenvalue weighted by Crippen LogP contribution is -2.22. The van der Waals surface area contributed by atoms with Crippen LogP contribution >= 0.6 is 0 Å². The van der Waals surface area contributed by atoms with Crippen LogP contribution in [0.3, 0.4) is 0 Å². The Bertz CT molecular complexity index is 700. The largest absolute Gasteiger partial charge is 0.383 e. The van der Waals surface area contributed by atoms with Crippen molar-refractivity contribution in [3.8, 4) is 0 Å². The number of carbonyl (C=O) groups excluding carboxylic acids is 1. The molecular formula is C14H14FN3O3. The first kappa shape index (κ1) is 14.9. The van der Waals surface area contributed by atoms with Gasteiger partial charge in [0.2, 0.25) is 5.95 Å². The van der Waals surface area contributed by atoms with Gasteiger partial charge in [-0.1, -0.05) is 0 Å². The Hall–Kier alpha value is -2.54. The fourth-order valence-electron chi connectivity index (χ4n) is 1.72. The normalized spacial score (nSPS) is 10.4. The molecule has 0 spiro atoms. The lowest BCUT2D eigenvalue weighted by molar-refractivity contribution is 0.102. The van der Waals surface area contributed by atoms with Crippen LogP contribution in [0.1, 0.15) is 10.4 Å². The molecular weight excluding hydrogens is 277 g/mol. The first-order valence-electron chi connectivity index (χ1n) is 6.23. The van der Waals surface area contributed by atoms with E-state index in [1.165, 1.54) is 48.3 Å². The number of pyridine rings is 2. The Balaban J connectivity index is 2.18. The molecule has 2 aromatic rings. The number of methoxy groups -OCH3 is 1. The van der Waals surface area contributed by atoms with Crippen LogP contribution in [0.5, 0.6) is 0 Å². The molecule has 6 nitrogen and oxygen atoms in total. The third-order valence-electron chi connectivity index (χ3n) is 2.78. The monoisotopic (exact) mass is 291 g/mol. The second-order valence-corrected chi connectivity index (χ2v) is 4.24. The van der Waals surface area contributed by atoms with Crippen molar-refractivity contribution in [3.05, 3.63) is 58.5 Å². The van der Waals surface area contributed by atoms with Crippen LogP contribution < -0.4 is 10.9 Å². The van der Waals surface area contributed by atoms with Crippen LogP contribution in [0.4, 0.5) is 10.1 Å². The van der Waals surface area contributed by atoms with Gasteiger partial charge in [-0.05, 0) is 18.2 Å². The summed E-state index contributed by atoms with van der Waals surface area (Å²) in [4.78, 5) is 27.0. The van der Waals surface area contributed by atoms with Crippen LogP contribution in [0, 0.1) is 5.95 Å². The summed E-state index contributed by atoms with van der Waals surface area (Å²) in [6, 6.07) is 5.58. The first-order valence-corrected chi connectivity index (χ1v) is 6.23. The SMILES string of the molecule is COCCn1cc(NC(=O)c2cccnc2F)ccc1=O. The quantitative estimate of drug-likeness (QED) is 0.842. The van der Waals surface area contributed by atoms with Gasteiger partial charge >= 0.3 is 0 Å². The van der Waals surface area contributed by atoms with Crippen molar-refractivity contribution in [1.82, 2.24) is 9.55 Å². The number of hydrogen-bond acceptors (Lipinski definition) is 4. The summed E-state index contributed by atoms with van der Waals surface area (Å²) in [6.45, 7) is 0.731. The summed E-state index contributed by atoms with van der Waals surface area (Å²) >= 11 is 0. The number of aromatic nitrogens is 2. The standard InChI is InChI=1S/C14H14FN3O3/c1-21-8-7-18-9-10(4-5-12(18)19)17-14(20)11-3-2-6-16-13(11)15/h2-6,9H,7-8H2,1H3,(H,17,20). The Morgan fingerprint density at radius 2 is 2.24 bits per heavy atom. The van der Waals surface area contributed by atoms with E-state index in [0.29, 0.717) is 18.8 Å². The third-order valence-corrected chi connectivity index (χ3v) is 2.78. The van der Waals surface area contributed by atoms with Crippen LogP contribution in [0.15, 0.2) is 41.5 Å². The molecule has 0 saturated heterocycles. The summed E-state index contributed by atoms with van der Waals surface area (Å²) in [5, 5.41) is 2.52. The molecule has 0 saturated carbocycles. The van der Waals surface area contributed by atoms with Gasteiger partial charge in [0, 0.05) is 32.1 Å². The Kier molecular flexibility index (Phi) is 4.78. The van der Waals surface area contributed by atoms with E-state index in [9.17, 15) is 14.0 Å². The lowest BCUT2D eigenvalue weighted by atomic mass is 10.2. The number of ether oxygens (including phenoxy) is 1. The van der Waals surface area contributed by atoms with E-state index in [1.807, 2.05) is 0 Å². The molecule has 1 N–H and O–H groups in total.